The number of hydrogen-bond acceptors (Lipinski definition) is 4. The Labute approximate surface area is 202 Å². The molecule has 1 amide bonds. The fourth-order valence-corrected chi connectivity index (χ4v) is 3.63. The van der Waals surface area contributed by atoms with Crippen molar-refractivity contribution in [3.8, 4) is 17.0 Å². The maximum absolute atomic E-state index is 12.4. The summed E-state index contributed by atoms with van der Waals surface area (Å²) in [7, 11) is 0. The Bertz CT molecular complexity index is 1470. The van der Waals surface area contributed by atoms with Gasteiger partial charge in [0.25, 0.3) is 0 Å². The summed E-state index contributed by atoms with van der Waals surface area (Å²) < 4.78 is 6.77. The van der Waals surface area contributed by atoms with Gasteiger partial charge in [0.2, 0.25) is 5.91 Å². The zero-order chi connectivity index (χ0) is 22.8. The van der Waals surface area contributed by atoms with Crippen LogP contribution < -0.4 is 5.32 Å². The molecule has 8 heteroatoms. The molecule has 5 aromatic rings. The number of fused-ring (bicyclic) bond motifs is 1. The Balaban J connectivity index is 1.27. The molecule has 5 rings (SSSR count). The van der Waals surface area contributed by atoms with Crippen LogP contribution in [0.4, 0.5) is 5.69 Å². The van der Waals surface area contributed by atoms with Crippen LogP contribution >= 0.6 is 27.5 Å². The first-order valence-corrected chi connectivity index (χ1v) is 11.2. The molecule has 33 heavy (non-hydrogen) atoms. The first-order valence-electron chi connectivity index (χ1n) is 10.0. The van der Waals surface area contributed by atoms with E-state index in [0.29, 0.717) is 27.7 Å². The van der Waals surface area contributed by atoms with Gasteiger partial charge in [0, 0.05) is 26.8 Å². The van der Waals surface area contributed by atoms with Crippen LogP contribution in [0.3, 0.4) is 0 Å². The van der Waals surface area contributed by atoms with Crippen molar-refractivity contribution in [2.24, 2.45) is 0 Å². The molecule has 0 spiro atoms. The third kappa shape index (κ3) is 4.89. The van der Waals surface area contributed by atoms with Crippen LogP contribution in [0.25, 0.3) is 34.1 Å². The highest BCUT2D eigenvalue weighted by Crippen LogP contribution is 2.24. The van der Waals surface area contributed by atoms with Crippen LogP contribution in [0.1, 0.15) is 5.76 Å². The number of benzene rings is 3. The van der Waals surface area contributed by atoms with Crippen LogP contribution in [0.2, 0.25) is 5.02 Å². The predicted octanol–water partition coefficient (Wildman–Crippen LogP) is 6.75. The summed E-state index contributed by atoms with van der Waals surface area (Å²) in [4.78, 5) is 14.0. The van der Waals surface area contributed by atoms with Gasteiger partial charge in [0.15, 0.2) is 0 Å². The van der Waals surface area contributed by atoms with E-state index >= 15 is 0 Å². The molecule has 3 aromatic carbocycles. The fourth-order valence-electron chi connectivity index (χ4n) is 3.24. The van der Waals surface area contributed by atoms with Crippen molar-refractivity contribution in [3.05, 3.63) is 100 Å². The van der Waals surface area contributed by atoms with E-state index in [9.17, 15) is 4.79 Å². The lowest BCUT2D eigenvalue weighted by Gasteiger charge is -2.00. The Hall–Kier alpha value is -3.68. The second kappa shape index (κ2) is 9.05. The Morgan fingerprint density at radius 1 is 0.939 bits per heavy atom. The van der Waals surface area contributed by atoms with Crippen LogP contribution in [0, 0.1) is 0 Å². The Kier molecular flexibility index (Phi) is 5.81. The van der Waals surface area contributed by atoms with Crippen molar-refractivity contribution in [1.82, 2.24) is 15.0 Å². The van der Waals surface area contributed by atoms with Crippen LogP contribution in [-0.4, -0.2) is 20.9 Å². The number of halogens is 2. The summed E-state index contributed by atoms with van der Waals surface area (Å²) >= 11 is 9.35. The summed E-state index contributed by atoms with van der Waals surface area (Å²) in [5.74, 6) is 0.994. The number of nitrogens with one attached hydrogen (secondary N) is 1. The molecule has 6 nitrogen and oxygen atoms in total. The molecule has 2 heterocycles. The summed E-state index contributed by atoms with van der Waals surface area (Å²) in [5.41, 5.74) is 3.80. The molecule has 0 unspecified atom stereocenters. The van der Waals surface area contributed by atoms with Crippen LogP contribution in [-0.2, 0) is 4.79 Å². The molecule has 162 valence electrons. The number of nitrogens with zero attached hydrogens (tertiary/aromatic N) is 3. The number of carbonyl (C=O) groups is 1. The maximum atomic E-state index is 12.4. The summed E-state index contributed by atoms with van der Waals surface area (Å²) in [6.07, 6.45) is 3.05. The molecular weight excluding hydrogens is 504 g/mol. The lowest BCUT2D eigenvalue weighted by molar-refractivity contribution is -0.111. The van der Waals surface area contributed by atoms with E-state index in [2.05, 4.69) is 31.4 Å². The zero-order valence-electron chi connectivity index (χ0n) is 17.1. The average Bonchev–Trinajstić information content (AvgIpc) is 3.46. The smallest absolute Gasteiger partial charge is 0.248 e. The van der Waals surface area contributed by atoms with Crippen molar-refractivity contribution >= 4 is 56.2 Å². The molecule has 0 bridgehead atoms. The van der Waals surface area contributed by atoms with Gasteiger partial charge in [-0.25, -0.2) is 0 Å². The topological polar surface area (TPSA) is 73.0 Å². The number of hydrogen-bond donors (Lipinski definition) is 1. The molecule has 2 aromatic heterocycles. The van der Waals surface area contributed by atoms with Gasteiger partial charge in [0.05, 0.1) is 5.69 Å². The van der Waals surface area contributed by atoms with Crippen molar-refractivity contribution in [2.75, 3.05) is 5.32 Å². The molecule has 1 N–H and O–H groups in total. The predicted molar refractivity (Wildman–Crippen MR) is 133 cm³/mol. The van der Waals surface area contributed by atoms with E-state index in [-0.39, 0.29) is 5.91 Å². The molecule has 0 fully saturated rings. The minimum absolute atomic E-state index is 0.279. The number of rotatable bonds is 5. The highest BCUT2D eigenvalue weighted by molar-refractivity contribution is 9.10. The number of carbonyl (C=O) groups excluding carboxylic acids is 1. The van der Waals surface area contributed by atoms with E-state index in [0.717, 1.165) is 21.2 Å². The lowest BCUT2D eigenvalue weighted by atomic mass is 10.2. The lowest BCUT2D eigenvalue weighted by Crippen LogP contribution is -2.07. The molecular formula is C25H16BrClN4O2. The van der Waals surface area contributed by atoms with E-state index in [4.69, 9.17) is 16.0 Å². The van der Waals surface area contributed by atoms with Gasteiger partial charge in [-0.15, -0.1) is 10.2 Å². The van der Waals surface area contributed by atoms with Gasteiger partial charge >= 0.3 is 0 Å². The van der Waals surface area contributed by atoms with Crippen molar-refractivity contribution in [2.45, 2.75) is 0 Å². The third-order valence-corrected chi connectivity index (χ3v) is 5.64. The highest BCUT2D eigenvalue weighted by Gasteiger charge is 2.08. The van der Waals surface area contributed by atoms with Crippen LogP contribution in [0.15, 0.2) is 93.8 Å². The minimum Gasteiger partial charge on any atom is -0.457 e. The number of aromatic nitrogens is 3. The summed E-state index contributed by atoms with van der Waals surface area (Å²) in [6.45, 7) is 0. The normalized spacial score (nSPS) is 11.3. The van der Waals surface area contributed by atoms with Gasteiger partial charge in [-0.1, -0.05) is 27.5 Å². The largest absolute Gasteiger partial charge is 0.457 e. The van der Waals surface area contributed by atoms with Gasteiger partial charge in [-0.05, 0) is 84.9 Å². The first-order chi connectivity index (χ1) is 16.0. The van der Waals surface area contributed by atoms with E-state index in [1.807, 2.05) is 48.5 Å². The molecule has 0 aliphatic heterocycles. The van der Waals surface area contributed by atoms with Gasteiger partial charge in [0.1, 0.15) is 22.6 Å². The van der Waals surface area contributed by atoms with E-state index in [1.54, 1.807) is 41.2 Å². The minimum atomic E-state index is -0.279. The number of anilines is 1. The molecule has 0 aliphatic carbocycles. The van der Waals surface area contributed by atoms with Crippen molar-refractivity contribution < 1.29 is 9.21 Å². The summed E-state index contributed by atoms with van der Waals surface area (Å²) in [6, 6.07) is 24.1. The maximum Gasteiger partial charge on any atom is 0.248 e. The van der Waals surface area contributed by atoms with E-state index < -0.39 is 0 Å². The first kappa shape index (κ1) is 21.2. The second-order valence-electron chi connectivity index (χ2n) is 7.20. The quantitative estimate of drug-likeness (QED) is 0.261. The third-order valence-electron chi connectivity index (χ3n) is 4.86. The van der Waals surface area contributed by atoms with Crippen LogP contribution in [0.5, 0.6) is 0 Å². The zero-order valence-corrected chi connectivity index (χ0v) is 19.4. The highest BCUT2D eigenvalue weighted by atomic mass is 79.9. The van der Waals surface area contributed by atoms with Gasteiger partial charge < -0.3 is 9.73 Å². The SMILES string of the molecule is O=C(/C=C/c1ccc(-c2ccc(Cl)cc2)o1)Nc1ccc2nn(-c3ccc(Br)cc3)nc2c1. The Morgan fingerprint density at radius 2 is 1.70 bits per heavy atom. The Morgan fingerprint density at radius 3 is 2.48 bits per heavy atom. The van der Waals surface area contributed by atoms with Gasteiger partial charge in [-0.3, -0.25) is 4.79 Å². The van der Waals surface area contributed by atoms with Crippen molar-refractivity contribution in [1.29, 1.82) is 0 Å². The standard InChI is InChI=1S/C25H16BrClN4O2/c26-17-3-8-20(9-4-17)31-29-22-12-7-19(15-23(22)30-31)28-25(32)14-11-21-10-13-24(33-21)16-1-5-18(27)6-2-16/h1-15H,(H,28,32)/b14-11+. The summed E-state index contributed by atoms with van der Waals surface area (Å²) in [5, 5.41) is 12.5. The molecule has 0 saturated heterocycles. The number of amides is 1. The average molecular weight is 520 g/mol. The molecule has 0 atom stereocenters. The molecule has 0 radical (unpaired) electrons. The molecule has 0 aliphatic rings. The van der Waals surface area contributed by atoms with Gasteiger partial charge in [-0.2, -0.15) is 4.80 Å². The van der Waals surface area contributed by atoms with E-state index in [1.165, 1.54) is 6.08 Å². The second-order valence-corrected chi connectivity index (χ2v) is 8.55. The van der Waals surface area contributed by atoms with Crippen molar-refractivity contribution in [3.63, 3.8) is 0 Å². The molecule has 0 saturated carbocycles. The number of furan rings is 1. The monoisotopic (exact) mass is 518 g/mol. The fraction of sp³-hybridized carbons (Fsp3) is 0.